The summed E-state index contributed by atoms with van der Waals surface area (Å²) in [4.78, 5) is 10.5. The van der Waals surface area contributed by atoms with Crippen LogP contribution in [0.25, 0.3) is 17.0 Å². The summed E-state index contributed by atoms with van der Waals surface area (Å²) in [5, 5.41) is 20.4. The Bertz CT molecular complexity index is 1240. The summed E-state index contributed by atoms with van der Waals surface area (Å²) in [5.41, 5.74) is 13.7. The van der Waals surface area contributed by atoms with Crippen molar-refractivity contribution < 1.29 is 0 Å². The van der Waals surface area contributed by atoms with E-state index in [-0.39, 0.29) is 5.84 Å². The molecule has 0 radical (unpaired) electrons. The molecule has 1 aliphatic heterocycles. The number of benzene rings is 1. The fraction of sp³-hybridized carbons (Fsp3) is 0.235. The van der Waals surface area contributed by atoms with Gasteiger partial charge in [-0.05, 0) is 12.7 Å². The molecule has 6 N–H and O–H groups in total. The Kier molecular flexibility index (Phi) is 3.86. The molecule has 1 aromatic carbocycles. The van der Waals surface area contributed by atoms with Crippen molar-refractivity contribution in [2.75, 3.05) is 11.1 Å². The van der Waals surface area contributed by atoms with Gasteiger partial charge in [0.25, 0.3) is 0 Å². The third-order valence-electron chi connectivity index (χ3n) is 4.56. The summed E-state index contributed by atoms with van der Waals surface area (Å²) < 4.78 is 1.61. The summed E-state index contributed by atoms with van der Waals surface area (Å²) in [7, 11) is 0. The molecule has 148 valence electrons. The van der Waals surface area contributed by atoms with Crippen molar-refractivity contribution in [3.05, 3.63) is 42.0 Å². The van der Waals surface area contributed by atoms with Gasteiger partial charge >= 0.3 is 0 Å². The highest BCUT2D eigenvalue weighted by Crippen LogP contribution is 2.34. The zero-order valence-corrected chi connectivity index (χ0v) is 16.6. The number of fused-ring (bicyclic) bond motifs is 2. The number of hydrogen-bond donors (Lipinski definition) is 4. The van der Waals surface area contributed by atoms with Crippen LogP contribution in [0.1, 0.15) is 18.6 Å². The van der Waals surface area contributed by atoms with Gasteiger partial charge in [-0.25, -0.2) is 9.97 Å². The van der Waals surface area contributed by atoms with Crippen LogP contribution in [-0.2, 0) is 5.66 Å². The lowest BCUT2D eigenvalue weighted by atomic mass is 10.1. The number of thioether (sulfide) groups is 1. The minimum Gasteiger partial charge on any atom is -0.382 e. The normalized spacial score (nSPS) is 18.2. The van der Waals surface area contributed by atoms with Crippen molar-refractivity contribution >= 4 is 28.9 Å². The second kappa shape index (κ2) is 6.32. The average molecular weight is 409 g/mol. The van der Waals surface area contributed by atoms with Crippen LogP contribution in [0, 0.1) is 6.92 Å². The Labute approximate surface area is 169 Å². The Balaban J connectivity index is 1.60. The number of rotatable bonds is 5. The number of aromatic nitrogens is 7. The molecule has 0 spiro atoms. The molecule has 12 heteroatoms. The number of nitrogens with one attached hydrogen (secondary N) is 2. The maximum absolute atomic E-state index is 6.69. The van der Waals surface area contributed by atoms with Gasteiger partial charge in [0.1, 0.15) is 16.5 Å². The number of amidine groups is 1. The van der Waals surface area contributed by atoms with E-state index in [1.54, 1.807) is 16.4 Å². The fourth-order valence-corrected chi connectivity index (χ4v) is 3.90. The summed E-state index contributed by atoms with van der Waals surface area (Å²) in [6, 6.07) is 9.62. The molecule has 0 saturated carbocycles. The molecule has 0 bridgehead atoms. The van der Waals surface area contributed by atoms with Gasteiger partial charge in [-0.1, -0.05) is 37.3 Å². The van der Waals surface area contributed by atoms with E-state index >= 15 is 0 Å². The summed E-state index contributed by atoms with van der Waals surface area (Å²) in [5.74, 6) is 2.65. The molecule has 5 rings (SSSR count). The second-order valence-electron chi connectivity index (χ2n) is 6.59. The lowest BCUT2D eigenvalue weighted by Gasteiger charge is -2.24. The molecule has 3 aromatic heterocycles. The van der Waals surface area contributed by atoms with E-state index in [4.69, 9.17) is 11.5 Å². The van der Waals surface area contributed by atoms with Crippen LogP contribution >= 0.6 is 11.8 Å². The largest absolute Gasteiger partial charge is 0.382 e. The first-order valence-electron chi connectivity index (χ1n) is 9.02. The highest BCUT2D eigenvalue weighted by molar-refractivity contribution is 7.99. The third-order valence-corrected chi connectivity index (χ3v) is 5.40. The van der Waals surface area contributed by atoms with Crippen molar-refractivity contribution in [3.8, 4) is 11.4 Å². The number of aryl methyl sites for hydroxylation is 1. The average Bonchev–Trinajstić information content (AvgIpc) is 3.41. The molecule has 4 heterocycles. The van der Waals surface area contributed by atoms with Crippen LogP contribution in [0.15, 0.2) is 40.5 Å². The maximum Gasteiger partial charge on any atom is 0.210 e. The van der Waals surface area contributed by atoms with Crippen LogP contribution in [-0.4, -0.2) is 46.3 Å². The van der Waals surface area contributed by atoms with Gasteiger partial charge in [-0.15, -0.1) is 31.9 Å². The Morgan fingerprint density at radius 2 is 2.00 bits per heavy atom. The highest BCUT2D eigenvalue weighted by Gasteiger charge is 2.44. The number of nitrogens with two attached hydrogens (primary N) is 2. The van der Waals surface area contributed by atoms with E-state index in [1.165, 1.54) is 4.79 Å². The van der Waals surface area contributed by atoms with Gasteiger partial charge in [0.15, 0.2) is 17.3 Å². The lowest BCUT2D eigenvalue weighted by molar-refractivity contribution is 0.620. The Hall–Kier alpha value is -3.38. The van der Waals surface area contributed by atoms with Gasteiger partial charge in [0, 0.05) is 5.56 Å². The molecule has 0 amide bonds. The van der Waals surface area contributed by atoms with E-state index in [0.717, 1.165) is 22.2 Å². The quantitative estimate of drug-likeness (QED) is 0.282. The van der Waals surface area contributed by atoms with E-state index in [2.05, 4.69) is 35.7 Å². The zero-order chi connectivity index (χ0) is 20.2. The molecule has 0 saturated heterocycles. The number of aromatic amines is 1. The smallest absolute Gasteiger partial charge is 0.210 e. The molecule has 1 aliphatic rings. The van der Waals surface area contributed by atoms with E-state index in [0.29, 0.717) is 23.0 Å². The van der Waals surface area contributed by atoms with Crippen molar-refractivity contribution in [1.82, 2.24) is 34.7 Å². The van der Waals surface area contributed by atoms with Gasteiger partial charge in [0.2, 0.25) is 11.5 Å². The van der Waals surface area contributed by atoms with Crippen LogP contribution < -0.4 is 16.8 Å². The summed E-state index contributed by atoms with van der Waals surface area (Å²) in [6.45, 7) is 3.91. The number of nitrogens with zero attached hydrogens (tertiary/aromatic N) is 7. The van der Waals surface area contributed by atoms with Crippen molar-refractivity contribution in [2.45, 2.75) is 24.5 Å². The first-order valence-corrected chi connectivity index (χ1v) is 10.0. The summed E-state index contributed by atoms with van der Waals surface area (Å²) >= 11 is 1.57. The standard InChI is InChI=1S/C17H19N11S/c1-3-29-14-11(13-20-9(2)23-27(13)25-14)22-17(19)15(18)26-28-16(17)21-12(24-28)10-7-5-4-6-8-10/h4-8,22H,3,19H2,1-2H3,(H2,18,26)(H,20,23). The van der Waals surface area contributed by atoms with Crippen LogP contribution in [0.2, 0.25) is 0 Å². The van der Waals surface area contributed by atoms with Crippen molar-refractivity contribution in [2.24, 2.45) is 16.6 Å². The summed E-state index contributed by atoms with van der Waals surface area (Å²) in [6.07, 6.45) is 0. The van der Waals surface area contributed by atoms with Crippen LogP contribution in [0.5, 0.6) is 0 Å². The third kappa shape index (κ3) is 2.68. The molecule has 4 aromatic rings. The SMILES string of the molecule is CCSc1nn2[nH]c(C)nc2c1NC1(N)C(N)=Nn2nc(-c3ccccc3)nc21. The minimum absolute atomic E-state index is 0.158. The first kappa shape index (κ1) is 17.7. The molecule has 29 heavy (non-hydrogen) atoms. The second-order valence-corrected chi connectivity index (χ2v) is 7.84. The predicted molar refractivity (Wildman–Crippen MR) is 110 cm³/mol. The fourth-order valence-electron chi connectivity index (χ4n) is 3.20. The van der Waals surface area contributed by atoms with Crippen LogP contribution in [0.3, 0.4) is 0 Å². The molecule has 1 unspecified atom stereocenters. The van der Waals surface area contributed by atoms with Gasteiger partial charge < -0.3 is 11.1 Å². The van der Waals surface area contributed by atoms with Gasteiger partial charge in [-0.3, -0.25) is 10.8 Å². The van der Waals surface area contributed by atoms with Crippen molar-refractivity contribution in [1.29, 1.82) is 0 Å². The van der Waals surface area contributed by atoms with Crippen molar-refractivity contribution in [3.63, 3.8) is 0 Å². The molecule has 11 nitrogen and oxygen atoms in total. The highest BCUT2D eigenvalue weighted by atomic mass is 32.2. The monoisotopic (exact) mass is 409 g/mol. The topological polar surface area (TPSA) is 153 Å². The number of H-pyrrole nitrogens is 1. The predicted octanol–water partition coefficient (Wildman–Crippen LogP) is 1.09. The van der Waals surface area contributed by atoms with E-state index in [9.17, 15) is 0 Å². The Morgan fingerprint density at radius 3 is 2.76 bits per heavy atom. The molecule has 0 fully saturated rings. The minimum atomic E-state index is -1.35. The maximum atomic E-state index is 6.69. The molecular weight excluding hydrogens is 390 g/mol. The number of anilines is 1. The first-order chi connectivity index (χ1) is 14.0. The molecular formula is C17H19N11S. The zero-order valence-electron chi connectivity index (χ0n) is 15.8. The lowest BCUT2D eigenvalue weighted by Crippen LogP contribution is -2.54. The molecule has 1 atom stereocenters. The van der Waals surface area contributed by atoms with E-state index in [1.807, 2.05) is 44.2 Å². The molecule has 0 aliphatic carbocycles. The van der Waals surface area contributed by atoms with Crippen LogP contribution in [0.4, 0.5) is 5.69 Å². The van der Waals surface area contributed by atoms with E-state index < -0.39 is 5.66 Å². The van der Waals surface area contributed by atoms with Gasteiger partial charge in [0.05, 0.1) is 0 Å². The van der Waals surface area contributed by atoms with Gasteiger partial charge in [-0.2, -0.15) is 4.63 Å². The Morgan fingerprint density at radius 1 is 1.21 bits per heavy atom. The number of hydrogen-bond acceptors (Lipinski definition) is 9.